The summed E-state index contributed by atoms with van der Waals surface area (Å²) in [5.41, 5.74) is 5.87. The SMILES string of the molecule is Cn1nc(N)c2c1CCC2(C)F. The quantitative estimate of drug-likeness (QED) is 0.632. The second-order valence-corrected chi connectivity index (χ2v) is 3.53. The highest BCUT2D eigenvalue weighted by atomic mass is 19.1. The van der Waals surface area contributed by atoms with Gasteiger partial charge in [0, 0.05) is 12.7 Å². The first-order chi connectivity index (χ1) is 5.52. The lowest BCUT2D eigenvalue weighted by molar-refractivity contribution is 0.195. The number of rotatable bonds is 0. The molecule has 0 fully saturated rings. The van der Waals surface area contributed by atoms with Crippen molar-refractivity contribution in [3.63, 3.8) is 0 Å². The van der Waals surface area contributed by atoms with Crippen molar-refractivity contribution in [2.75, 3.05) is 5.73 Å². The maximum absolute atomic E-state index is 13.7. The van der Waals surface area contributed by atoms with E-state index in [0.717, 1.165) is 12.1 Å². The molecule has 1 aliphatic carbocycles. The number of nitrogens with zero attached hydrogens (tertiary/aromatic N) is 2. The van der Waals surface area contributed by atoms with Crippen LogP contribution < -0.4 is 5.73 Å². The molecular weight excluding hydrogens is 157 g/mol. The van der Waals surface area contributed by atoms with Crippen molar-refractivity contribution in [1.29, 1.82) is 0 Å². The smallest absolute Gasteiger partial charge is 0.152 e. The van der Waals surface area contributed by atoms with Crippen molar-refractivity contribution in [2.45, 2.75) is 25.4 Å². The summed E-state index contributed by atoms with van der Waals surface area (Å²) in [5, 5.41) is 3.98. The predicted octanol–water partition coefficient (Wildman–Crippen LogP) is 1.13. The standard InChI is InChI=1S/C8H12FN3/c1-8(9)4-3-5-6(8)7(10)11-12(5)2/h3-4H2,1-2H3,(H2,10,11). The predicted molar refractivity (Wildman–Crippen MR) is 44.4 cm³/mol. The second kappa shape index (κ2) is 2.00. The lowest BCUT2D eigenvalue weighted by Crippen LogP contribution is -2.11. The lowest BCUT2D eigenvalue weighted by Gasteiger charge is -2.11. The molecule has 0 aliphatic heterocycles. The third kappa shape index (κ3) is 0.777. The zero-order valence-electron chi connectivity index (χ0n) is 7.26. The summed E-state index contributed by atoms with van der Waals surface area (Å²) >= 11 is 0. The Labute approximate surface area is 70.4 Å². The molecule has 1 heterocycles. The molecule has 0 saturated heterocycles. The molecule has 0 spiro atoms. The molecule has 2 rings (SSSR count). The van der Waals surface area contributed by atoms with Crippen LogP contribution in [0, 0.1) is 0 Å². The Morgan fingerprint density at radius 2 is 2.33 bits per heavy atom. The average Bonchev–Trinajstić information content (AvgIpc) is 2.37. The Bertz CT molecular complexity index is 327. The van der Waals surface area contributed by atoms with Crippen LogP contribution in [0.4, 0.5) is 10.2 Å². The molecular formula is C8H12FN3. The van der Waals surface area contributed by atoms with Gasteiger partial charge in [-0.1, -0.05) is 0 Å². The molecule has 3 nitrogen and oxygen atoms in total. The van der Waals surface area contributed by atoms with Crippen LogP contribution in [0.1, 0.15) is 24.6 Å². The Kier molecular flexibility index (Phi) is 1.26. The maximum atomic E-state index is 13.7. The van der Waals surface area contributed by atoms with Crippen LogP contribution in [0.25, 0.3) is 0 Å². The van der Waals surface area contributed by atoms with Gasteiger partial charge in [-0.3, -0.25) is 4.68 Å². The van der Waals surface area contributed by atoms with E-state index in [0.29, 0.717) is 17.8 Å². The van der Waals surface area contributed by atoms with Gasteiger partial charge in [0.05, 0.1) is 5.56 Å². The normalized spacial score (nSPS) is 27.6. The van der Waals surface area contributed by atoms with Gasteiger partial charge in [0.2, 0.25) is 0 Å². The van der Waals surface area contributed by atoms with Gasteiger partial charge in [0.15, 0.2) is 5.82 Å². The number of nitrogen functional groups attached to an aromatic ring is 1. The molecule has 0 amide bonds. The fourth-order valence-corrected chi connectivity index (χ4v) is 1.91. The summed E-state index contributed by atoms with van der Waals surface area (Å²) in [5.74, 6) is 0.343. The van der Waals surface area contributed by atoms with Crippen LogP contribution in [-0.4, -0.2) is 9.78 Å². The molecule has 2 N–H and O–H groups in total. The van der Waals surface area contributed by atoms with E-state index in [-0.39, 0.29) is 0 Å². The van der Waals surface area contributed by atoms with Crippen molar-refractivity contribution in [1.82, 2.24) is 9.78 Å². The number of halogens is 1. The van der Waals surface area contributed by atoms with Gasteiger partial charge in [-0.25, -0.2) is 4.39 Å². The van der Waals surface area contributed by atoms with Crippen LogP contribution in [0.15, 0.2) is 0 Å². The Hall–Kier alpha value is -1.06. The van der Waals surface area contributed by atoms with Crippen molar-refractivity contribution in [3.05, 3.63) is 11.3 Å². The van der Waals surface area contributed by atoms with Gasteiger partial charge < -0.3 is 5.73 Å². The summed E-state index contributed by atoms with van der Waals surface area (Å²) in [4.78, 5) is 0. The molecule has 1 unspecified atom stereocenters. The number of hydrogen-bond acceptors (Lipinski definition) is 2. The van der Waals surface area contributed by atoms with E-state index in [4.69, 9.17) is 5.73 Å². The van der Waals surface area contributed by atoms with E-state index in [1.54, 1.807) is 18.7 Å². The molecule has 66 valence electrons. The molecule has 1 aromatic rings. The summed E-state index contributed by atoms with van der Waals surface area (Å²) < 4.78 is 15.4. The summed E-state index contributed by atoms with van der Waals surface area (Å²) in [6.45, 7) is 1.57. The molecule has 0 radical (unpaired) electrons. The lowest BCUT2D eigenvalue weighted by atomic mass is 10.0. The van der Waals surface area contributed by atoms with Crippen LogP contribution in [-0.2, 0) is 19.1 Å². The topological polar surface area (TPSA) is 43.8 Å². The van der Waals surface area contributed by atoms with E-state index in [1.165, 1.54) is 0 Å². The van der Waals surface area contributed by atoms with Gasteiger partial charge in [0.25, 0.3) is 0 Å². The summed E-state index contributed by atoms with van der Waals surface area (Å²) in [6, 6.07) is 0. The number of anilines is 1. The van der Waals surface area contributed by atoms with E-state index >= 15 is 0 Å². The highest BCUT2D eigenvalue weighted by Crippen LogP contribution is 2.42. The maximum Gasteiger partial charge on any atom is 0.152 e. The molecule has 1 atom stereocenters. The molecule has 4 heteroatoms. The highest BCUT2D eigenvalue weighted by molar-refractivity contribution is 5.49. The van der Waals surface area contributed by atoms with E-state index in [2.05, 4.69) is 5.10 Å². The minimum absolute atomic E-state index is 0.343. The number of nitrogens with two attached hydrogens (primary N) is 1. The summed E-state index contributed by atoms with van der Waals surface area (Å²) in [6.07, 6.45) is 1.27. The minimum Gasteiger partial charge on any atom is -0.382 e. The molecule has 0 aromatic carbocycles. The fourth-order valence-electron chi connectivity index (χ4n) is 1.91. The first kappa shape index (κ1) is 7.58. The van der Waals surface area contributed by atoms with Crippen molar-refractivity contribution >= 4 is 5.82 Å². The Balaban J connectivity index is 2.65. The van der Waals surface area contributed by atoms with E-state index < -0.39 is 5.67 Å². The second-order valence-electron chi connectivity index (χ2n) is 3.53. The first-order valence-electron chi connectivity index (χ1n) is 4.03. The third-order valence-electron chi connectivity index (χ3n) is 2.55. The number of aryl methyl sites for hydroxylation is 1. The number of fused-ring (bicyclic) bond motifs is 1. The zero-order valence-corrected chi connectivity index (χ0v) is 7.26. The highest BCUT2D eigenvalue weighted by Gasteiger charge is 2.39. The van der Waals surface area contributed by atoms with Crippen LogP contribution in [0.2, 0.25) is 0 Å². The van der Waals surface area contributed by atoms with Crippen LogP contribution in [0.5, 0.6) is 0 Å². The fraction of sp³-hybridized carbons (Fsp3) is 0.625. The van der Waals surface area contributed by atoms with Crippen LogP contribution >= 0.6 is 0 Å². The van der Waals surface area contributed by atoms with Crippen LogP contribution in [0.3, 0.4) is 0 Å². The van der Waals surface area contributed by atoms with Gasteiger partial charge in [-0.2, -0.15) is 5.10 Å². The van der Waals surface area contributed by atoms with Gasteiger partial charge >= 0.3 is 0 Å². The average molecular weight is 169 g/mol. The van der Waals surface area contributed by atoms with Crippen molar-refractivity contribution in [3.8, 4) is 0 Å². The van der Waals surface area contributed by atoms with Crippen molar-refractivity contribution in [2.24, 2.45) is 7.05 Å². The zero-order chi connectivity index (χ0) is 8.93. The largest absolute Gasteiger partial charge is 0.382 e. The Morgan fingerprint density at radius 3 is 2.92 bits per heavy atom. The molecule has 1 aromatic heterocycles. The monoisotopic (exact) mass is 169 g/mol. The first-order valence-corrected chi connectivity index (χ1v) is 4.03. The number of alkyl halides is 1. The molecule has 0 saturated carbocycles. The van der Waals surface area contributed by atoms with Crippen molar-refractivity contribution < 1.29 is 4.39 Å². The molecule has 1 aliphatic rings. The Morgan fingerprint density at radius 1 is 1.67 bits per heavy atom. The number of aromatic nitrogens is 2. The number of hydrogen-bond donors (Lipinski definition) is 1. The third-order valence-corrected chi connectivity index (χ3v) is 2.55. The van der Waals surface area contributed by atoms with E-state index in [1.807, 2.05) is 0 Å². The molecule has 0 bridgehead atoms. The van der Waals surface area contributed by atoms with Gasteiger partial charge in [-0.15, -0.1) is 0 Å². The van der Waals surface area contributed by atoms with Gasteiger partial charge in [0.1, 0.15) is 5.67 Å². The summed E-state index contributed by atoms with van der Waals surface area (Å²) in [7, 11) is 1.80. The minimum atomic E-state index is -1.27. The molecule has 12 heavy (non-hydrogen) atoms. The van der Waals surface area contributed by atoms with Gasteiger partial charge in [-0.05, 0) is 19.8 Å². The van der Waals surface area contributed by atoms with E-state index in [9.17, 15) is 4.39 Å².